The van der Waals surface area contributed by atoms with E-state index in [1.807, 2.05) is 0 Å². The van der Waals surface area contributed by atoms with E-state index in [0.29, 0.717) is 32.3 Å². The number of nitrogens with zero attached hydrogens (tertiary/aromatic N) is 3. The SMILES string of the molecule is CCOC(=O)c1sc(N)c(C#N)c1CSc1nc2ccccc2c(=O)n1-c1ccccc1Cl. The maximum absolute atomic E-state index is 13.4. The standard InChI is InChI=1S/C23H17ClN4O3S2/c1-2-31-22(30)19-15(14(11-25)20(26)33-19)12-32-23-27-17-9-5-3-7-13(17)21(29)28(23)18-10-6-4-8-16(18)24/h3-10H,2,12,26H2,1H3. The Hall–Kier alpha value is -3.32. The Balaban J connectivity index is 1.85. The van der Waals surface area contributed by atoms with E-state index in [0.717, 1.165) is 11.3 Å². The lowest BCUT2D eigenvalue weighted by atomic mass is 10.2. The number of anilines is 1. The number of thiophene rings is 1. The van der Waals surface area contributed by atoms with Gasteiger partial charge in [0.2, 0.25) is 0 Å². The quantitative estimate of drug-likeness (QED) is 0.226. The number of benzene rings is 2. The predicted octanol–water partition coefficient (Wildman–Crippen LogP) is 5.02. The minimum Gasteiger partial charge on any atom is -0.462 e. The summed E-state index contributed by atoms with van der Waals surface area (Å²) in [6.45, 7) is 1.90. The molecule has 0 aliphatic carbocycles. The smallest absolute Gasteiger partial charge is 0.348 e. The second-order valence-corrected chi connectivity index (χ2v) is 9.18. The van der Waals surface area contributed by atoms with Crippen LogP contribution in [0, 0.1) is 11.3 Å². The van der Waals surface area contributed by atoms with Crippen molar-refractivity contribution < 1.29 is 9.53 Å². The molecule has 0 saturated heterocycles. The summed E-state index contributed by atoms with van der Waals surface area (Å²) in [7, 11) is 0. The second kappa shape index (κ2) is 9.67. The number of fused-ring (bicyclic) bond motifs is 1. The highest BCUT2D eigenvalue weighted by Crippen LogP contribution is 2.36. The maximum atomic E-state index is 13.4. The summed E-state index contributed by atoms with van der Waals surface area (Å²) < 4.78 is 6.57. The van der Waals surface area contributed by atoms with E-state index in [1.165, 1.54) is 16.3 Å². The number of nitrogen functional groups attached to an aromatic ring is 1. The molecule has 2 heterocycles. The van der Waals surface area contributed by atoms with Gasteiger partial charge in [0.05, 0.1) is 33.8 Å². The molecule has 10 heteroatoms. The van der Waals surface area contributed by atoms with Crippen molar-refractivity contribution in [1.29, 1.82) is 5.26 Å². The molecule has 33 heavy (non-hydrogen) atoms. The van der Waals surface area contributed by atoms with E-state index in [9.17, 15) is 14.9 Å². The summed E-state index contributed by atoms with van der Waals surface area (Å²) in [5.74, 6) is -0.360. The minimum absolute atomic E-state index is 0.181. The molecule has 0 unspecified atom stereocenters. The molecule has 2 N–H and O–H groups in total. The van der Waals surface area contributed by atoms with Gasteiger partial charge in [-0.05, 0) is 31.2 Å². The maximum Gasteiger partial charge on any atom is 0.348 e. The lowest BCUT2D eigenvalue weighted by molar-refractivity contribution is 0.0531. The second-order valence-electron chi connectivity index (χ2n) is 6.77. The third kappa shape index (κ3) is 4.33. The number of aromatic nitrogens is 2. The van der Waals surface area contributed by atoms with Crippen LogP contribution in [-0.2, 0) is 10.5 Å². The molecule has 4 rings (SSSR count). The number of halogens is 1. The fourth-order valence-corrected chi connectivity index (χ4v) is 5.58. The lowest BCUT2D eigenvalue weighted by Gasteiger charge is -2.14. The van der Waals surface area contributed by atoms with E-state index in [4.69, 9.17) is 22.1 Å². The van der Waals surface area contributed by atoms with Crippen molar-refractivity contribution in [3.63, 3.8) is 0 Å². The van der Waals surface area contributed by atoms with Crippen molar-refractivity contribution in [3.8, 4) is 11.8 Å². The molecule has 0 spiro atoms. The van der Waals surface area contributed by atoms with Crippen LogP contribution in [0.1, 0.15) is 27.7 Å². The van der Waals surface area contributed by atoms with Gasteiger partial charge in [-0.15, -0.1) is 11.3 Å². The van der Waals surface area contributed by atoms with E-state index in [1.54, 1.807) is 55.5 Å². The van der Waals surface area contributed by atoms with E-state index < -0.39 is 5.97 Å². The molecule has 0 fully saturated rings. The van der Waals surface area contributed by atoms with Gasteiger partial charge in [-0.3, -0.25) is 9.36 Å². The first-order valence-corrected chi connectivity index (χ1v) is 12.0. The average Bonchev–Trinajstić information content (AvgIpc) is 3.14. The van der Waals surface area contributed by atoms with Crippen LogP contribution in [0.4, 0.5) is 5.00 Å². The highest BCUT2D eigenvalue weighted by molar-refractivity contribution is 7.98. The van der Waals surface area contributed by atoms with E-state index in [-0.39, 0.29) is 33.4 Å². The van der Waals surface area contributed by atoms with Crippen molar-refractivity contribution in [2.24, 2.45) is 0 Å². The van der Waals surface area contributed by atoms with Crippen LogP contribution in [0.15, 0.2) is 58.5 Å². The van der Waals surface area contributed by atoms with Crippen LogP contribution in [-0.4, -0.2) is 22.1 Å². The third-order valence-corrected chi connectivity index (χ3v) is 7.12. The van der Waals surface area contributed by atoms with Crippen molar-refractivity contribution in [2.75, 3.05) is 12.3 Å². The monoisotopic (exact) mass is 496 g/mol. The van der Waals surface area contributed by atoms with Gasteiger partial charge in [0.15, 0.2) is 5.16 Å². The molecule has 0 atom stereocenters. The highest BCUT2D eigenvalue weighted by Gasteiger charge is 2.24. The van der Waals surface area contributed by atoms with Crippen molar-refractivity contribution in [3.05, 3.63) is 79.9 Å². The lowest BCUT2D eigenvalue weighted by Crippen LogP contribution is -2.22. The Morgan fingerprint density at radius 1 is 1.27 bits per heavy atom. The van der Waals surface area contributed by atoms with Crippen LogP contribution in [0.25, 0.3) is 16.6 Å². The summed E-state index contributed by atoms with van der Waals surface area (Å²) >= 11 is 8.63. The number of carbonyl (C=O) groups excluding carboxylic acids is 1. The Kier molecular flexibility index (Phi) is 6.70. The van der Waals surface area contributed by atoms with Gasteiger partial charge in [-0.2, -0.15) is 5.26 Å². The van der Waals surface area contributed by atoms with Gasteiger partial charge < -0.3 is 10.5 Å². The first kappa shape index (κ1) is 22.9. The summed E-state index contributed by atoms with van der Waals surface area (Å²) in [5, 5.41) is 11.1. The number of nitriles is 1. The Morgan fingerprint density at radius 3 is 2.73 bits per heavy atom. The van der Waals surface area contributed by atoms with Crippen molar-refractivity contribution in [1.82, 2.24) is 9.55 Å². The number of carbonyl (C=O) groups is 1. The number of rotatable bonds is 6. The predicted molar refractivity (Wildman–Crippen MR) is 131 cm³/mol. The van der Waals surface area contributed by atoms with Crippen LogP contribution in [0.2, 0.25) is 5.02 Å². The van der Waals surface area contributed by atoms with Gasteiger partial charge in [-0.1, -0.05) is 47.6 Å². The Labute approximate surface area is 202 Å². The van der Waals surface area contributed by atoms with Crippen LogP contribution in [0.3, 0.4) is 0 Å². The molecule has 2 aromatic carbocycles. The number of hydrogen-bond donors (Lipinski definition) is 1. The fraction of sp³-hybridized carbons (Fsp3) is 0.130. The molecule has 0 radical (unpaired) electrons. The van der Waals surface area contributed by atoms with Crippen LogP contribution < -0.4 is 11.3 Å². The highest BCUT2D eigenvalue weighted by atomic mass is 35.5. The molecule has 2 aromatic heterocycles. The van der Waals surface area contributed by atoms with Gasteiger partial charge in [0, 0.05) is 11.3 Å². The third-order valence-electron chi connectivity index (χ3n) is 4.79. The zero-order valence-corrected chi connectivity index (χ0v) is 19.8. The molecule has 0 saturated carbocycles. The summed E-state index contributed by atoms with van der Waals surface area (Å²) in [6.07, 6.45) is 0. The molecular weight excluding hydrogens is 480 g/mol. The molecule has 0 aliphatic heterocycles. The largest absolute Gasteiger partial charge is 0.462 e. The first-order chi connectivity index (χ1) is 16.0. The summed E-state index contributed by atoms with van der Waals surface area (Å²) in [6, 6.07) is 16.1. The Morgan fingerprint density at radius 2 is 2.00 bits per heavy atom. The van der Waals surface area contributed by atoms with Crippen LogP contribution in [0.5, 0.6) is 0 Å². The number of nitrogens with two attached hydrogens (primary N) is 1. The summed E-state index contributed by atoms with van der Waals surface area (Å²) in [4.78, 5) is 30.8. The normalized spacial score (nSPS) is 10.8. The zero-order chi connectivity index (χ0) is 23.5. The van der Waals surface area contributed by atoms with Crippen LogP contribution >= 0.6 is 34.7 Å². The molecule has 7 nitrogen and oxygen atoms in total. The number of esters is 1. The molecule has 0 amide bonds. The van der Waals surface area contributed by atoms with Gasteiger partial charge in [-0.25, -0.2) is 9.78 Å². The Bertz CT molecular complexity index is 1470. The average molecular weight is 497 g/mol. The number of ether oxygens (including phenoxy) is 1. The summed E-state index contributed by atoms with van der Waals surface area (Å²) in [5.41, 5.74) is 7.41. The van der Waals surface area contributed by atoms with Crippen molar-refractivity contribution in [2.45, 2.75) is 17.8 Å². The first-order valence-electron chi connectivity index (χ1n) is 9.84. The van der Waals surface area contributed by atoms with E-state index in [2.05, 4.69) is 11.1 Å². The van der Waals surface area contributed by atoms with Gasteiger partial charge >= 0.3 is 5.97 Å². The van der Waals surface area contributed by atoms with Crippen molar-refractivity contribution >= 4 is 56.6 Å². The van der Waals surface area contributed by atoms with Gasteiger partial charge in [0.1, 0.15) is 15.9 Å². The molecule has 166 valence electrons. The molecule has 4 aromatic rings. The molecule has 0 bridgehead atoms. The zero-order valence-electron chi connectivity index (χ0n) is 17.4. The number of thioether (sulfide) groups is 1. The topological polar surface area (TPSA) is 111 Å². The number of hydrogen-bond acceptors (Lipinski definition) is 8. The van der Waals surface area contributed by atoms with E-state index >= 15 is 0 Å². The molecule has 0 aliphatic rings. The van der Waals surface area contributed by atoms with Gasteiger partial charge in [0.25, 0.3) is 5.56 Å². The number of para-hydroxylation sites is 2. The fourth-order valence-electron chi connectivity index (χ4n) is 3.30. The molecular formula is C23H17ClN4O3S2. The minimum atomic E-state index is -0.540.